The van der Waals surface area contributed by atoms with Gasteiger partial charge in [0.2, 0.25) is 0 Å². The molecule has 0 spiro atoms. The number of carbonyl (C=O) groups excluding carboxylic acids is 1. The van der Waals surface area contributed by atoms with Crippen molar-refractivity contribution >= 4 is 17.6 Å². The van der Waals surface area contributed by atoms with E-state index in [1.54, 1.807) is 24.3 Å². The molecule has 0 aromatic heterocycles. The van der Waals surface area contributed by atoms with Crippen molar-refractivity contribution < 1.29 is 14.3 Å². The maximum atomic E-state index is 10.6. The minimum Gasteiger partial charge on any atom is -0.492 e. The van der Waals surface area contributed by atoms with E-state index in [2.05, 4.69) is 0 Å². The molecule has 0 saturated carbocycles. The van der Waals surface area contributed by atoms with Gasteiger partial charge in [-0.05, 0) is 24.3 Å². The first-order chi connectivity index (χ1) is 6.72. The smallest absolute Gasteiger partial charge is 0.308 e. The van der Waals surface area contributed by atoms with Crippen molar-refractivity contribution in [3.05, 3.63) is 24.3 Å². The van der Waals surface area contributed by atoms with Gasteiger partial charge in [-0.25, -0.2) is 0 Å². The Hall–Kier alpha value is -1.22. The zero-order valence-electron chi connectivity index (χ0n) is 7.83. The molecular weight excluding hydrogens is 204 g/mol. The largest absolute Gasteiger partial charge is 0.492 e. The molecule has 0 fully saturated rings. The third-order valence-corrected chi connectivity index (χ3v) is 1.59. The Morgan fingerprint density at radius 1 is 1.29 bits per heavy atom. The highest BCUT2D eigenvalue weighted by molar-refractivity contribution is 6.17. The average molecular weight is 215 g/mol. The zero-order valence-corrected chi connectivity index (χ0v) is 8.58. The van der Waals surface area contributed by atoms with E-state index in [1.165, 1.54) is 6.92 Å². The number of esters is 1. The molecule has 0 radical (unpaired) electrons. The van der Waals surface area contributed by atoms with Gasteiger partial charge < -0.3 is 9.47 Å². The first-order valence-electron chi connectivity index (χ1n) is 4.19. The predicted octanol–water partition coefficient (Wildman–Crippen LogP) is 2.23. The second kappa shape index (κ2) is 5.50. The molecule has 0 heterocycles. The Labute approximate surface area is 87.6 Å². The molecule has 0 aliphatic heterocycles. The van der Waals surface area contributed by atoms with E-state index in [4.69, 9.17) is 21.1 Å². The van der Waals surface area contributed by atoms with E-state index in [1.807, 2.05) is 0 Å². The summed E-state index contributed by atoms with van der Waals surface area (Å²) in [6, 6.07) is 6.80. The van der Waals surface area contributed by atoms with Crippen molar-refractivity contribution in [1.82, 2.24) is 0 Å². The summed E-state index contributed by atoms with van der Waals surface area (Å²) in [4.78, 5) is 10.6. The minimum atomic E-state index is -0.334. The Morgan fingerprint density at radius 2 is 1.86 bits per heavy atom. The molecule has 0 aliphatic rings. The second-order valence-corrected chi connectivity index (χ2v) is 2.98. The molecule has 1 aromatic rings. The van der Waals surface area contributed by atoms with Crippen molar-refractivity contribution in [2.24, 2.45) is 0 Å². The van der Waals surface area contributed by atoms with Crippen molar-refractivity contribution in [2.45, 2.75) is 6.92 Å². The van der Waals surface area contributed by atoms with E-state index in [-0.39, 0.29) is 5.97 Å². The fourth-order valence-electron chi connectivity index (χ4n) is 0.926. The quantitative estimate of drug-likeness (QED) is 0.438. The van der Waals surface area contributed by atoms with E-state index in [0.717, 1.165) is 0 Å². The van der Waals surface area contributed by atoms with Crippen molar-refractivity contribution in [3.8, 4) is 11.5 Å². The van der Waals surface area contributed by atoms with Crippen molar-refractivity contribution in [1.29, 1.82) is 0 Å². The van der Waals surface area contributed by atoms with Crippen molar-refractivity contribution in [3.63, 3.8) is 0 Å². The summed E-state index contributed by atoms with van der Waals surface area (Å²) in [7, 11) is 0. The lowest BCUT2D eigenvalue weighted by Gasteiger charge is -2.04. The van der Waals surface area contributed by atoms with Gasteiger partial charge in [0.05, 0.1) is 5.88 Å². The van der Waals surface area contributed by atoms with Gasteiger partial charge >= 0.3 is 5.97 Å². The number of ether oxygens (including phenoxy) is 2. The highest BCUT2D eigenvalue weighted by atomic mass is 35.5. The molecule has 0 aliphatic carbocycles. The fourth-order valence-corrected chi connectivity index (χ4v) is 1.00. The van der Waals surface area contributed by atoms with Crippen LogP contribution in [0.2, 0.25) is 0 Å². The Bertz CT molecular complexity index is 295. The molecule has 1 rings (SSSR count). The van der Waals surface area contributed by atoms with Crippen LogP contribution in [-0.2, 0) is 4.79 Å². The zero-order chi connectivity index (χ0) is 10.4. The van der Waals surface area contributed by atoms with Crippen LogP contribution in [0.1, 0.15) is 6.92 Å². The Kier molecular flexibility index (Phi) is 4.26. The lowest BCUT2D eigenvalue weighted by atomic mass is 10.3. The summed E-state index contributed by atoms with van der Waals surface area (Å²) in [6.07, 6.45) is 0. The maximum Gasteiger partial charge on any atom is 0.308 e. The van der Waals surface area contributed by atoms with Gasteiger partial charge in [-0.2, -0.15) is 0 Å². The molecule has 3 nitrogen and oxygen atoms in total. The van der Waals surface area contributed by atoms with E-state index >= 15 is 0 Å². The summed E-state index contributed by atoms with van der Waals surface area (Å²) in [6.45, 7) is 1.83. The molecule has 0 amide bonds. The third-order valence-electron chi connectivity index (χ3n) is 1.43. The number of benzene rings is 1. The van der Waals surface area contributed by atoms with E-state index in [9.17, 15) is 4.79 Å². The van der Waals surface area contributed by atoms with Gasteiger partial charge in [0, 0.05) is 6.92 Å². The van der Waals surface area contributed by atoms with E-state index < -0.39 is 0 Å². The number of rotatable bonds is 4. The van der Waals surface area contributed by atoms with Crippen LogP contribution in [0.4, 0.5) is 0 Å². The maximum absolute atomic E-state index is 10.6. The lowest BCUT2D eigenvalue weighted by molar-refractivity contribution is -0.131. The normalized spacial score (nSPS) is 9.57. The molecule has 0 atom stereocenters. The van der Waals surface area contributed by atoms with Crippen LogP contribution in [0.5, 0.6) is 11.5 Å². The van der Waals surface area contributed by atoms with Crippen LogP contribution in [0.15, 0.2) is 24.3 Å². The van der Waals surface area contributed by atoms with Gasteiger partial charge in [0.1, 0.15) is 18.1 Å². The van der Waals surface area contributed by atoms with Gasteiger partial charge in [-0.1, -0.05) is 0 Å². The van der Waals surface area contributed by atoms with E-state index in [0.29, 0.717) is 24.0 Å². The molecule has 0 saturated heterocycles. The monoisotopic (exact) mass is 214 g/mol. The van der Waals surface area contributed by atoms with Crippen LogP contribution in [0.3, 0.4) is 0 Å². The first kappa shape index (κ1) is 10.9. The molecule has 0 unspecified atom stereocenters. The Morgan fingerprint density at radius 3 is 2.36 bits per heavy atom. The molecule has 0 bridgehead atoms. The summed E-state index contributed by atoms with van der Waals surface area (Å²) in [5, 5.41) is 0. The highest BCUT2D eigenvalue weighted by Crippen LogP contribution is 2.17. The van der Waals surface area contributed by atoms with Crippen LogP contribution >= 0.6 is 11.6 Å². The standard InChI is InChI=1S/C10H11ClO3/c1-8(12)14-10-4-2-9(3-5-10)13-7-6-11/h2-5H,6-7H2,1H3. The van der Waals surface area contributed by atoms with Gasteiger partial charge in [-0.3, -0.25) is 4.79 Å². The number of hydrogen-bond donors (Lipinski definition) is 0. The molecule has 4 heteroatoms. The topological polar surface area (TPSA) is 35.5 Å². The SMILES string of the molecule is CC(=O)Oc1ccc(OCCCl)cc1. The average Bonchev–Trinajstić information content (AvgIpc) is 2.16. The predicted molar refractivity (Wildman–Crippen MR) is 54.0 cm³/mol. The highest BCUT2D eigenvalue weighted by Gasteiger charge is 1.98. The second-order valence-electron chi connectivity index (χ2n) is 2.60. The van der Waals surface area contributed by atoms with Crippen LogP contribution in [0.25, 0.3) is 0 Å². The minimum absolute atomic E-state index is 0.334. The first-order valence-corrected chi connectivity index (χ1v) is 4.73. The number of alkyl halides is 1. The van der Waals surface area contributed by atoms with Crippen LogP contribution in [-0.4, -0.2) is 18.5 Å². The van der Waals surface area contributed by atoms with Crippen LogP contribution < -0.4 is 9.47 Å². The number of halogens is 1. The van der Waals surface area contributed by atoms with Crippen LogP contribution in [0, 0.1) is 0 Å². The van der Waals surface area contributed by atoms with Gasteiger partial charge in [0.25, 0.3) is 0 Å². The summed E-state index contributed by atoms with van der Waals surface area (Å²) >= 11 is 5.46. The summed E-state index contributed by atoms with van der Waals surface area (Å²) in [5.74, 6) is 1.34. The summed E-state index contributed by atoms with van der Waals surface area (Å²) in [5.41, 5.74) is 0. The fraction of sp³-hybridized carbons (Fsp3) is 0.300. The third kappa shape index (κ3) is 3.66. The van der Waals surface area contributed by atoms with Crippen molar-refractivity contribution in [2.75, 3.05) is 12.5 Å². The summed E-state index contributed by atoms with van der Waals surface area (Å²) < 4.78 is 10.1. The Balaban J connectivity index is 2.54. The lowest BCUT2D eigenvalue weighted by Crippen LogP contribution is -2.01. The molecule has 14 heavy (non-hydrogen) atoms. The molecule has 1 aromatic carbocycles. The molecular formula is C10H11ClO3. The van der Waals surface area contributed by atoms with Gasteiger partial charge in [0.15, 0.2) is 0 Å². The van der Waals surface area contributed by atoms with Gasteiger partial charge in [-0.15, -0.1) is 11.6 Å². The number of carbonyl (C=O) groups is 1. The molecule has 0 N–H and O–H groups in total. The number of hydrogen-bond acceptors (Lipinski definition) is 3. The molecule has 76 valence electrons.